The molecule has 0 fully saturated rings. The van der Waals surface area contributed by atoms with E-state index in [2.05, 4.69) is 87.6 Å². The number of carbonyl (C=O) groups is 3. The molecule has 0 rings (SSSR count). The van der Waals surface area contributed by atoms with E-state index in [0.29, 0.717) is 19.3 Å². The Morgan fingerprint density at radius 2 is 0.619 bits per heavy atom. The number of hydrogen-bond acceptors (Lipinski definition) is 6. The number of unbranched alkanes of at least 4 members (excludes halogenated alkanes) is 17. The van der Waals surface area contributed by atoms with Crippen LogP contribution in [0.4, 0.5) is 0 Å². The Morgan fingerprint density at radius 3 is 1.00 bits per heavy atom. The summed E-state index contributed by atoms with van der Waals surface area (Å²) in [4.78, 5) is 37.9. The van der Waals surface area contributed by atoms with E-state index in [-0.39, 0.29) is 31.1 Å². The van der Waals surface area contributed by atoms with E-state index in [1.807, 2.05) is 66.8 Å². The average molecular weight is 869 g/mol. The molecule has 0 aliphatic heterocycles. The van der Waals surface area contributed by atoms with Crippen molar-refractivity contribution in [3.63, 3.8) is 0 Å². The van der Waals surface area contributed by atoms with Gasteiger partial charge in [0.2, 0.25) is 0 Å². The Kier molecular flexibility index (Phi) is 46.7. The lowest BCUT2D eigenvalue weighted by Gasteiger charge is -2.18. The summed E-state index contributed by atoms with van der Waals surface area (Å²) < 4.78 is 16.7. The van der Waals surface area contributed by atoms with Gasteiger partial charge in [0.05, 0.1) is 0 Å². The summed E-state index contributed by atoms with van der Waals surface area (Å²) in [6.45, 7) is 6.23. The van der Waals surface area contributed by atoms with Crippen LogP contribution in [-0.2, 0) is 28.6 Å². The normalized spacial score (nSPS) is 13.3. The summed E-state index contributed by atoms with van der Waals surface area (Å²) >= 11 is 0. The Balaban J connectivity index is 4.56. The SMILES string of the molecule is CC/C=C/C=C/C=C/C=C/C=C/C=C/CCCCCC(=O)OCC(COC(=O)CCCCCCC/C=C/C=C/C=C/CC)OC(=O)CCCCCCCC/C=C/C=C/CCCCC. The van der Waals surface area contributed by atoms with Crippen molar-refractivity contribution >= 4 is 17.9 Å². The maximum Gasteiger partial charge on any atom is 0.306 e. The van der Waals surface area contributed by atoms with Gasteiger partial charge in [-0.3, -0.25) is 14.4 Å². The molecular weight excluding hydrogens is 781 g/mol. The quantitative estimate of drug-likeness (QED) is 0.0263. The third-order valence-corrected chi connectivity index (χ3v) is 9.87. The second-order valence-corrected chi connectivity index (χ2v) is 15.8. The predicted molar refractivity (Wildman–Crippen MR) is 269 cm³/mol. The highest BCUT2D eigenvalue weighted by Crippen LogP contribution is 2.13. The zero-order chi connectivity index (χ0) is 45.8. The molecule has 352 valence electrons. The molecule has 0 amide bonds. The van der Waals surface area contributed by atoms with Crippen molar-refractivity contribution in [2.45, 2.75) is 194 Å². The number of carbonyl (C=O) groups excluding carboxylic acids is 3. The van der Waals surface area contributed by atoms with Gasteiger partial charge in [-0.1, -0.05) is 219 Å². The molecule has 0 spiro atoms. The van der Waals surface area contributed by atoms with E-state index in [4.69, 9.17) is 14.2 Å². The smallest absolute Gasteiger partial charge is 0.306 e. The van der Waals surface area contributed by atoms with Gasteiger partial charge in [0.1, 0.15) is 13.2 Å². The lowest BCUT2D eigenvalue weighted by Crippen LogP contribution is -2.30. The summed E-state index contributed by atoms with van der Waals surface area (Å²) in [7, 11) is 0. The van der Waals surface area contributed by atoms with E-state index in [0.717, 1.165) is 116 Å². The minimum absolute atomic E-state index is 0.114. The van der Waals surface area contributed by atoms with Gasteiger partial charge in [0.15, 0.2) is 6.10 Å². The number of allylic oxidation sites excluding steroid dienone is 22. The van der Waals surface area contributed by atoms with Gasteiger partial charge in [-0.05, 0) is 83.5 Å². The van der Waals surface area contributed by atoms with Gasteiger partial charge in [0.25, 0.3) is 0 Å². The topological polar surface area (TPSA) is 78.9 Å². The van der Waals surface area contributed by atoms with Crippen LogP contribution in [0.2, 0.25) is 0 Å². The molecule has 0 radical (unpaired) electrons. The molecular formula is C57H88O6. The Morgan fingerprint density at radius 1 is 0.333 bits per heavy atom. The standard InChI is InChI=1S/C57H88O6/c1-4-7-10-13-16-19-22-25-27-28-30-32-35-38-41-44-47-50-56(59)62-53-54(52-61-55(58)49-46-43-40-37-34-31-24-21-18-15-12-9-6-3)63-57(60)51-48-45-42-39-36-33-29-26-23-20-17-14-11-8-5-2/h7,9-10,12-13,15-28,30,32,35,54H,4-6,8,11,14,29,31,33-34,36-53H2,1-3H3/b10-7+,12-9+,16-13+,18-15+,20-17+,22-19+,24-21+,26-23+,27-25+,30-28+,35-32+. The molecule has 1 atom stereocenters. The second kappa shape index (κ2) is 50.2. The van der Waals surface area contributed by atoms with Crippen molar-refractivity contribution in [3.05, 3.63) is 134 Å². The van der Waals surface area contributed by atoms with Crippen LogP contribution in [0.15, 0.2) is 134 Å². The third kappa shape index (κ3) is 48.4. The zero-order valence-electron chi connectivity index (χ0n) is 40.0. The van der Waals surface area contributed by atoms with Gasteiger partial charge < -0.3 is 14.2 Å². The molecule has 0 bridgehead atoms. The molecule has 63 heavy (non-hydrogen) atoms. The summed E-state index contributed by atoms with van der Waals surface area (Å²) in [6, 6.07) is 0. The van der Waals surface area contributed by atoms with Gasteiger partial charge in [-0.2, -0.15) is 0 Å². The first-order valence-electron chi connectivity index (χ1n) is 24.8. The van der Waals surface area contributed by atoms with Crippen LogP contribution >= 0.6 is 0 Å². The van der Waals surface area contributed by atoms with Crippen LogP contribution < -0.4 is 0 Å². The third-order valence-electron chi connectivity index (χ3n) is 9.87. The van der Waals surface area contributed by atoms with E-state index >= 15 is 0 Å². The minimum Gasteiger partial charge on any atom is -0.462 e. The van der Waals surface area contributed by atoms with Gasteiger partial charge in [-0.15, -0.1) is 0 Å². The van der Waals surface area contributed by atoms with Gasteiger partial charge in [0, 0.05) is 19.3 Å². The molecule has 0 N–H and O–H groups in total. The van der Waals surface area contributed by atoms with Gasteiger partial charge >= 0.3 is 17.9 Å². The highest BCUT2D eigenvalue weighted by Gasteiger charge is 2.19. The molecule has 0 saturated heterocycles. The van der Waals surface area contributed by atoms with E-state index in [1.54, 1.807) is 0 Å². The van der Waals surface area contributed by atoms with E-state index in [9.17, 15) is 14.4 Å². The van der Waals surface area contributed by atoms with Crippen molar-refractivity contribution in [2.24, 2.45) is 0 Å². The molecule has 0 aliphatic rings. The lowest BCUT2D eigenvalue weighted by atomic mass is 10.1. The summed E-state index contributed by atoms with van der Waals surface area (Å²) in [5.74, 6) is -1.00. The number of esters is 3. The van der Waals surface area contributed by atoms with Crippen molar-refractivity contribution < 1.29 is 28.6 Å². The Labute approximate surface area is 385 Å². The largest absolute Gasteiger partial charge is 0.462 e. The fourth-order valence-corrected chi connectivity index (χ4v) is 6.17. The highest BCUT2D eigenvalue weighted by atomic mass is 16.6. The molecule has 0 aliphatic carbocycles. The maximum absolute atomic E-state index is 12.8. The first kappa shape index (κ1) is 58.6. The Bertz CT molecular complexity index is 1420. The molecule has 6 nitrogen and oxygen atoms in total. The van der Waals surface area contributed by atoms with Crippen molar-refractivity contribution in [2.75, 3.05) is 13.2 Å². The van der Waals surface area contributed by atoms with Crippen molar-refractivity contribution in [3.8, 4) is 0 Å². The van der Waals surface area contributed by atoms with Crippen LogP contribution in [0.5, 0.6) is 0 Å². The predicted octanol–water partition coefficient (Wildman–Crippen LogP) is 16.3. The average Bonchev–Trinajstić information content (AvgIpc) is 3.28. The fraction of sp³-hybridized carbons (Fsp3) is 0.561. The Hall–Kier alpha value is -4.45. The number of hydrogen-bond donors (Lipinski definition) is 0. The van der Waals surface area contributed by atoms with Crippen LogP contribution in [-0.4, -0.2) is 37.2 Å². The molecule has 0 aromatic carbocycles. The molecule has 1 unspecified atom stereocenters. The fourth-order valence-electron chi connectivity index (χ4n) is 6.17. The zero-order valence-corrected chi connectivity index (χ0v) is 40.0. The number of ether oxygens (including phenoxy) is 3. The van der Waals surface area contributed by atoms with Crippen LogP contribution in [0, 0.1) is 0 Å². The molecule has 0 saturated carbocycles. The molecule has 6 heteroatoms. The molecule has 0 heterocycles. The lowest BCUT2D eigenvalue weighted by molar-refractivity contribution is -0.167. The van der Waals surface area contributed by atoms with E-state index in [1.165, 1.54) is 32.1 Å². The summed E-state index contributed by atoms with van der Waals surface area (Å²) in [6.07, 6.45) is 69.9. The second-order valence-electron chi connectivity index (χ2n) is 15.8. The maximum atomic E-state index is 12.8. The monoisotopic (exact) mass is 869 g/mol. The van der Waals surface area contributed by atoms with Crippen molar-refractivity contribution in [1.82, 2.24) is 0 Å². The summed E-state index contributed by atoms with van der Waals surface area (Å²) in [5.41, 5.74) is 0. The van der Waals surface area contributed by atoms with Gasteiger partial charge in [-0.25, -0.2) is 0 Å². The molecule has 0 aromatic rings. The van der Waals surface area contributed by atoms with Crippen LogP contribution in [0.3, 0.4) is 0 Å². The highest BCUT2D eigenvalue weighted by molar-refractivity contribution is 5.71. The van der Waals surface area contributed by atoms with Crippen LogP contribution in [0.25, 0.3) is 0 Å². The van der Waals surface area contributed by atoms with Crippen molar-refractivity contribution in [1.29, 1.82) is 0 Å². The van der Waals surface area contributed by atoms with Crippen LogP contribution in [0.1, 0.15) is 188 Å². The first-order chi connectivity index (χ1) is 31.0. The first-order valence-corrected chi connectivity index (χ1v) is 24.8. The number of rotatable bonds is 42. The molecule has 0 aromatic heterocycles. The minimum atomic E-state index is -0.816. The van der Waals surface area contributed by atoms with E-state index < -0.39 is 6.10 Å². The summed E-state index contributed by atoms with van der Waals surface area (Å²) in [5, 5.41) is 0.